The largest absolute Gasteiger partial charge is 0.466 e. The van der Waals surface area contributed by atoms with Gasteiger partial charge in [-0.25, -0.2) is 4.98 Å². The summed E-state index contributed by atoms with van der Waals surface area (Å²) in [5.41, 5.74) is 8.60. The van der Waals surface area contributed by atoms with E-state index in [4.69, 9.17) is 10.2 Å². The first-order valence-electron chi connectivity index (χ1n) is 7.24. The summed E-state index contributed by atoms with van der Waals surface area (Å²) in [7, 11) is 0. The number of hydrogen-bond acceptors (Lipinski definition) is 3. The summed E-state index contributed by atoms with van der Waals surface area (Å²) < 4.78 is 7.79. The van der Waals surface area contributed by atoms with Crippen LogP contribution < -0.4 is 5.73 Å². The fourth-order valence-electron chi connectivity index (χ4n) is 2.77. The van der Waals surface area contributed by atoms with Crippen LogP contribution in [0, 0.1) is 19.8 Å². The number of nitrogens with zero attached hydrogens (tertiary/aromatic N) is 2. The van der Waals surface area contributed by atoms with Crippen molar-refractivity contribution >= 4 is 0 Å². The minimum atomic E-state index is 0.0215. The summed E-state index contributed by atoms with van der Waals surface area (Å²) in [6.07, 6.45) is 4.70. The third-order valence-corrected chi connectivity index (χ3v) is 3.75. The summed E-state index contributed by atoms with van der Waals surface area (Å²) in [6, 6.07) is 2.30. The Morgan fingerprint density at radius 3 is 2.55 bits per heavy atom. The molecule has 2 aromatic rings. The van der Waals surface area contributed by atoms with Gasteiger partial charge in [0.2, 0.25) is 0 Å². The summed E-state index contributed by atoms with van der Waals surface area (Å²) in [4.78, 5) is 4.29. The van der Waals surface area contributed by atoms with Gasteiger partial charge in [-0.1, -0.05) is 13.8 Å². The average Bonchev–Trinajstić information content (AvgIpc) is 2.94. The van der Waals surface area contributed by atoms with Gasteiger partial charge in [-0.3, -0.25) is 0 Å². The van der Waals surface area contributed by atoms with Gasteiger partial charge >= 0.3 is 0 Å². The van der Waals surface area contributed by atoms with E-state index in [0.29, 0.717) is 5.92 Å². The quantitative estimate of drug-likeness (QED) is 0.904. The fraction of sp³-hybridized carbons (Fsp3) is 0.562. The molecule has 0 spiro atoms. The zero-order valence-corrected chi connectivity index (χ0v) is 13.1. The van der Waals surface area contributed by atoms with Gasteiger partial charge in [0.05, 0.1) is 18.1 Å². The molecule has 2 aromatic heterocycles. The van der Waals surface area contributed by atoms with Crippen LogP contribution in [-0.2, 0) is 0 Å². The van der Waals surface area contributed by atoms with E-state index in [9.17, 15) is 0 Å². The molecule has 0 aliphatic carbocycles. The monoisotopic (exact) mass is 275 g/mol. The topological polar surface area (TPSA) is 57.0 Å². The van der Waals surface area contributed by atoms with E-state index in [2.05, 4.69) is 36.4 Å². The minimum Gasteiger partial charge on any atom is -0.466 e. The van der Waals surface area contributed by atoms with Crippen molar-refractivity contribution in [2.75, 3.05) is 0 Å². The van der Waals surface area contributed by atoms with Crippen LogP contribution in [0.1, 0.15) is 62.1 Å². The molecule has 0 aliphatic heterocycles. The zero-order chi connectivity index (χ0) is 14.9. The second-order valence-electron chi connectivity index (χ2n) is 6.01. The van der Waals surface area contributed by atoms with Gasteiger partial charge in [0.15, 0.2) is 0 Å². The standard InChI is InChI=1S/C16H25N3O/c1-10(2)6-15(17)16-8-18-9-19(16)12(4)14-7-11(3)20-13(14)5/h7-10,12,15H,6,17H2,1-5H3. The maximum absolute atomic E-state index is 6.32. The van der Waals surface area contributed by atoms with Crippen LogP contribution in [0.25, 0.3) is 0 Å². The molecule has 110 valence electrons. The number of nitrogens with two attached hydrogens (primary N) is 1. The van der Waals surface area contributed by atoms with Crippen molar-refractivity contribution in [3.8, 4) is 0 Å². The highest BCUT2D eigenvalue weighted by molar-refractivity contribution is 5.25. The smallest absolute Gasteiger partial charge is 0.106 e. The van der Waals surface area contributed by atoms with Gasteiger partial charge < -0.3 is 14.7 Å². The van der Waals surface area contributed by atoms with Crippen molar-refractivity contribution in [3.05, 3.63) is 41.4 Å². The van der Waals surface area contributed by atoms with Gasteiger partial charge in [0.1, 0.15) is 11.5 Å². The highest BCUT2D eigenvalue weighted by Crippen LogP contribution is 2.28. The Balaban J connectivity index is 2.29. The number of aryl methyl sites for hydroxylation is 2. The molecule has 0 saturated carbocycles. The Kier molecular flexibility index (Phi) is 4.33. The number of hydrogen-bond donors (Lipinski definition) is 1. The van der Waals surface area contributed by atoms with Crippen molar-refractivity contribution in [1.29, 1.82) is 0 Å². The Labute approximate surface area is 121 Å². The van der Waals surface area contributed by atoms with Crippen LogP contribution in [0.4, 0.5) is 0 Å². The Hall–Kier alpha value is -1.55. The molecule has 0 saturated heterocycles. The molecule has 0 fully saturated rings. The Bertz CT molecular complexity index is 568. The predicted molar refractivity (Wildman–Crippen MR) is 80.6 cm³/mol. The SMILES string of the molecule is Cc1cc(C(C)n2cncc2C(N)CC(C)C)c(C)o1. The first kappa shape index (κ1) is 14.9. The Morgan fingerprint density at radius 2 is 2.00 bits per heavy atom. The lowest BCUT2D eigenvalue weighted by Crippen LogP contribution is -2.19. The number of aromatic nitrogens is 2. The predicted octanol–water partition coefficient (Wildman–Crippen LogP) is 3.75. The highest BCUT2D eigenvalue weighted by atomic mass is 16.3. The van der Waals surface area contributed by atoms with Crippen LogP contribution in [0.5, 0.6) is 0 Å². The summed E-state index contributed by atoms with van der Waals surface area (Å²) in [5.74, 6) is 2.48. The van der Waals surface area contributed by atoms with Gasteiger partial charge in [-0.05, 0) is 39.2 Å². The van der Waals surface area contributed by atoms with Crippen LogP contribution in [0.2, 0.25) is 0 Å². The van der Waals surface area contributed by atoms with Crippen LogP contribution >= 0.6 is 0 Å². The molecule has 0 bridgehead atoms. The number of furan rings is 1. The van der Waals surface area contributed by atoms with E-state index in [0.717, 1.165) is 23.6 Å². The molecule has 2 rings (SSSR count). The third kappa shape index (κ3) is 2.96. The molecule has 20 heavy (non-hydrogen) atoms. The maximum atomic E-state index is 6.32. The summed E-state index contributed by atoms with van der Waals surface area (Å²) in [6.45, 7) is 10.5. The molecule has 2 N–H and O–H groups in total. The van der Waals surface area contributed by atoms with E-state index >= 15 is 0 Å². The molecule has 4 nitrogen and oxygen atoms in total. The van der Waals surface area contributed by atoms with E-state index in [1.807, 2.05) is 26.4 Å². The number of rotatable bonds is 5. The average molecular weight is 275 g/mol. The molecule has 0 aliphatic rings. The molecule has 2 unspecified atom stereocenters. The normalized spacial score (nSPS) is 14.8. The summed E-state index contributed by atoms with van der Waals surface area (Å²) in [5, 5.41) is 0. The van der Waals surface area contributed by atoms with E-state index in [-0.39, 0.29) is 12.1 Å². The van der Waals surface area contributed by atoms with Crippen molar-refractivity contribution in [2.24, 2.45) is 11.7 Å². The van der Waals surface area contributed by atoms with Crippen LogP contribution in [-0.4, -0.2) is 9.55 Å². The molecule has 0 aromatic carbocycles. The maximum Gasteiger partial charge on any atom is 0.106 e. The van der Waals surface area contributed by atoms with Crippen LogP contribution in [0.3, 0.4) is 0 Å². The molecule has 2 atom stereocenters. The van der Waals surface area contributed by atoms with Gasteiger partial charge in [-0.2, -0.15) is 0 Å². The lowest BCUT2D eigenvalue weighted by molar-refractivity contribution is 0.467. The summed E-state index contributed by atoms with van der Waals surface area (Å²) >= 11 is 0. The second-order valence-corrected chi connectivity index (χ2v) is 6.01. The molecular formula is C16H25N3O. The van der Waals surface area contributed by atoms with Crippen LogP contribution in [0.15, 0.2) is 23.0 Å². The minimum absolute atomic E-state index is 0.0215. The van der Waals surface area contributed by atoms with Crippen molar-refractivity contribution in [1.82, 2.24) is 9.55 Å². The fourth-order valence-corrected chi connectivity index (χ4v) is 2.77. The zero-order valence-electron chi connectivity index (χ0n) is 13.1. The van der Waals surface area contributed by atoms with Crippen molar-refractivity contribution < 1.29 is 4.42 Å². The number of imidazole rings is 1. The van der Waals surface area contributed by atoms with E-state index in [1.54, 1.807) is 0 Å². The van der Waals surface area contributed by atoms with E-state index < -0.39 is 0 Å². The van der Waals surface area contributed by atoms with Gasteiger partial charge in [0, 0.05) is 17.8 Å². The first-order chi connectivity index (χ1) is 9.40. The Morgan fingerprint density at radius 1 is 1.30 bits per heavy atom. The highest BCUT2D eigenvalue weighted by Gasteiger charge is 2.20. The van der Waals surface area contributed by atoms with Crippen molar-refractivity contribution in [3.63, 3.8) is 0 Å². The van der Waals surface area contributed by atoms with Gasteiger partial charge in [-0.15, -0.1) is 0 Å². The van der Waals surface area contributed by atoms with E-state index in [1.165, 1.54) is 5.56 Å². The molecule has 4 heteroatoms. The molecular weight excluding hydrogens is 250 g/mol. The third-order valence-electron chi connectivity index (χ3n) is 3.75. The van der Waals surface area contributed by atoms with Gasteiger partial charge in [0.25, 0.3) is 0 Å². The molecule has 0 radical (unpaired) electrons. The lowest BCUT2D eigenvalue weighted by Gasteiger charge is -2.21. The first-order valence-corrected chi connectivity index (χ1v) is 7.24. The second kappa shape index (κ2) is 5.83. The molecule has 0 amide bonds. The lowest BCUT2D eigenvalue weighted by atomic mass is 10.0. The van der Waals surface area contributed by atoms with Crippen molar-refractivity contribution in [2.45, 2.75) is 53.1 Å². The molecule has 2 heterocycles.